The second-order valence-corrected chi connectivity index (χ2v) is 3.53. The summed E-state index contributed by atoms with van der Waals surface area (Å²) in [5, 5.41) is 26.1. The summed E-state index contributed by atoms with van der Waals surface area (Å²) in [6.45, 7) is 0.238. The molecule has 0 saturated carbocycles. The van der Waals surface area contributed by atoms with E-state index < -0.39 is 12.1 Å². The fraction of sp³-hybridized carbons (Fsp3) is 0.900. The molecular formula is C10H20O4. The van der Waals surface area contributed by atoms with Crippen molar-refractivity contribution in [2.75, 3.05) is 6.61 Å². The molecule has 14 heavy (non-hydrogen) atoms. The average molecular weight is 204 g/mol. The van der Waals surface area contributed by atoms with Crippen LogP contribution in [-0.4, -0.2) is 34.0 Å². The van der Waals surface area contributed by atoms with Crippen LogP contribution < -0.4 is 0 Å². The molecule has 0 spiro atoms. The Balaban J connectivity index is 3.14. The Labute approximate surface area is 84.6 Å². The highest BCUT2D eigenvalue weighted by Gasteiger charge is 2.08. The van der Waals surface area contributed by atoms with Gasteiger partial charge in [0, 0.05) is 6.61 Å². The quantitative estimate of drug-likeness (QED) is 0.492. The maximum atomic E-state index is 10.2. The van der Waals surface area contributed by atoms with E-state index in [1.807, 2.05) is 0 Å². The highest BCUT2D eigenvalue weighted by atomic mass is 16.4. The van der Waals surface area contributed by atoms with Gasteiger partial charge in [-0.15, -0.1) is 0 Å². The Morgan fingerprint density at radius 1 is 1.07 bits per heavy atom. The molecule has 0 aliphatic rings. The Kier molecular flexibility index (Phi) is 8.57. The molecule has 0 saturated heterocycles. The third-order valence-corrected chi connectivity index (χ3v) is 2.11. The predicted octanol–water partition coefficient (Wildman–Crippen LogP) is 1.15. The average Bonchev–Trinajstić information content (AvgIpc) is 2.10. The smallest absolute Gasteiger partial charge is 0.305 e. The molecule has 0 heterocycles. The molecule has 0 aromatic rings. The minimum absolute atomic E-state index is 0.156. The third-order valence-electron chi connectivity index (χ3n) is 2.11. The van der Waals surface area contributed by atoms with Crippen LogP contribution in [0.5, 0.6) is 0 Å². The number of carboxylic acids is 1. The van der Waals surface area contributed by atoms with Crippen molar-refractivity contribution in [3.05, 3.63) is 0 Å². The van der Waals surface area contributed by atoms with Crippen LogP contribution in [0.25, 0.3) is 0 Å². The number of hydrogen-bond acceptors (Lipinski definition) is 3. The van der Waals surface area contributed by atoms with Gasteiger partial charge < -0.3 is 15.3 Å². The SMILES string of the molecule is O=C(O)CC(O)CCCCCCCO. The molecule has 3 N–H and O–H groups in total. The molecule has 0 fully saturated rings. The fourth-order valence-electron chi connectivity index (χ4n) is 1.33. The van der Waals surface area contributed by atoms with Crippen LogP contribution in [0.1, 0.15) is 44.9 Å². The van der Waals surface area contributed by atoms with E-state index in [0.29, 0.717) is 6.42 Å². The molecule has 0 bridgehead atoms. The number of rotatable bonds is 9. The summed E-state index contributed by atoms with van der Waals surface area (Å²) in [5.41, 5.74) is 0. The Morgan fingerprint density at radius 2 is 1.64 bits per heavy atom. The second kappa shape index (κ2) is 8.97. The molecular weight excluding hydrogens is 184 g/mol. The van der Waals surface area contributed by atoms with Gasteiger partial charge in [0.15, 0.2) is 0 Å². The lowest BCUT2D eigenvalue weighted by molar-refractivity contribution is -0.139. The molecule has 0 aromatic heterocycles. The van der Waals surface area contributed by atoms with E-state index in [1.165, 1.54) is 0 Å². The minimum Gasteiger partial charge on any atom is -0.481 e. The normalized spacial score (nSPS) is 12.7. The number of aliphatic hydroxyl groups is 2. The second-order valence-electron chi connectivity index (χ2n) is 3.53. The molecule has 0 amide bonds. The van der Waals surface area contributed by atoms with Crippen LogP contribution in [-0.2, 0) is 4.79 Å². The van der Waals surface area contributed by atoms with E-state index in [-0.39, 0.29) is 13.0 Å². The number of aliphatic hydroxyl groups excluding tert-OH is 2. The van der Waals surface area contributed by atoms with Gasteiger partial charge in [-0.1, -0.05) is 25.7 Å². The van der Waals surface area contributed by atoms with Gasteiger partial charge in [0.1, 0.15) is 0 Å². The molecule has 0 radical (unpaired) electrons. The third kappa shape index (κ3) is 9.48. The van der Waals surface area contributed by atoms with E-state index in [9.17, 15) is 9.90 Å². The van der Waals surface area contributed by atoms with Crippen molar-refractivity contribution < 1.29 is 20.1 Å². The Hall–Kier alpha value is -0.610. The maximum absolute atomic E-state index is 10.2. The lowest BCUT2D eigenvalue weighted by atomic mass is 10.1. The zero-order valence-electron chi connectivity index (χ0n) is 8.48. The van der Waals surface area contributed by atoms with Gasteiger partial charge in [0.25, 0.3) is 0 Å². The number of aliphatic carboxylic acids is 1. The first-order valence-electron chi connectivity index (χ1n) is 5.17. The van der Waals surface area contributed by atoms with Crippen molar-refractivity contribution in [2.24, 2.45) is 0 Å². The summed E-state index contributed by atoms with van der Waals surface area (Å²) in [5.74, 6) is -0.946. The van der Waals surface area contributed by atoms with E-state index in [1.54, 1.807) is 0 Å². The Bertz CT molecular complexity index is 147. The van der Waals surface area contributed by atoms with E-state index in [4.69, 9.17) is 10.2 Å². The molecule has 0 rings (SSSR count). The summed E-state index contributed by atoms with van der Waals surface area (Å²) in [4.78, 5) is 10.2. The maximum Gasteiger partial charge on any atom is 0.305 e. The molecule has 0 aromatic carbocycles. The van der Waals surface area contributed by atoms with Gasteiger partial charge in [0.05, 0.1) is 12.5 Å². The molecule has 1 unspecified atom stereocenters. The molecule has 0 aliphatic carbocycles. The van der Waals surface area contributed by atoms with Crippen molar-refractivity contribution in [3.63, 3.8) is 0 Å². The Morgan fingerprint density at radius 3 is 2.21 bits per heavy atom. The van der Waals surface area contributed by atoms with Crippen molar-refractivity contribution in [1.82, 2.24) is 0 Å². The van der Waals surface area contributed by atoms with Gasteiger partial charge >= 0.3 is 5.97 Å². The van der Waals surface area contributed by atoms with Crippen molar-refractivity contribution >= 4 is 5.97 Å². The zero-order chi connectivity index (χ0) is 10.8. The van der Waals surface area contributed by atoms with Crippen molar-refractivity contribution in [3.8, 4) is 0 Å². The molecule has 0 aliphatic heterocycles. The summed E-state index contributed by atoms with van der Waals surface area (Å²) >= 11 is 0. The predicted molar refractivity (Wildman–Crippen MR) is 53.0 cm³/mol. The summed E-state index contributed by atoms with van der Waals surface area (Å²) in [6, 6.07) is 0. The van der Waals surface area contributed by atoms with Crippen LogP contribution >= 0.6 is 0 Å². The highest BCUT2D eigenvalue weighted by Crippen LogP contribution is 2.08. The van der Waals surface area contributed by atoms with E-state index in [2.05, 4.69) is 0 Å². The lowest BCUT2D eigenvalue weighted by Gasteiger charge is -2.06. The largest absolute Gasteiger partial charge is 0.481 e. The van der Waals surface area contributed by atoms with E-state index in [0.717, 1.165) is 32.1 Å². The first kappa shape index (κ1) is 13.4. The van der Waals surface area contributed by atoms with Gasteiger partial charge in [-0.2, -0.15) is 0 Å². The van der Waals surface area contributed by atoms with Crippen LogP contribution in [0.2, 0.25) is 0 Å². The highest BCUT2D eigenvalue weighted by molar-refractivity contribution is 5.67. The number of carboxylic acid groups (broad SMARTS) is 1. The van der Waals surface area contributed by atoms with Crippen LogP contribution in [0.4, 0.5) is 0 Å². The first-order valence-corrected chi connectivity index (χ1v) is 5.17. The first-order chi connectivity index (χ1) is 6.66. The van der Waals surface area contributed by atoms with Gasteiger partial charge in [-0.3, -0.25) is 4.79 Å². The topological polar surface area (TPSA) is 77.8 Å². The van der Waals surface area contributed by atoms with Gasteiger partial charge in [-0.05, 0) is 12.8 Å². The lowest BCUT2D eigenvalue weighted by Crippen LogP contribution is -2.12. The summed E-state index contributed by atoms with van der Waals surface area (Å²) in [6.07, 6.45) is 4.44. The zero-order valence-corrected chi connectivity index (χ0v) is 8.48. The van der Waals surface area contributed by atoms with Crippen molar-refractivity contribution in [2.45, 2.75) is 51.0 Å². The van der Waals surface area contributed by atoms with E-state index >= 15 is 0 Å². The summed E-state index contributed by atoms with van der Waals surface area (Å²) < 4.78 is 0. The van der Waals surface area contributed by atoms with Crippen LogP contribution in [0.15, 0.2) is 0 Å². The molecule has 4 nitrogen and oxygen atoms in total. The number of hydrogen-bond donors (Lipinski definition) is 3. The van der Waals surface area contributed by atoms with Gasteiger partial charge in [-0.25, -0.2) is 0 Å². The molecule has 84 valence electrons. The van der Waals surface area contributed by atoms with Crippen LogP contribution in [0.3, 0.4) is 0 Å². The number of carbonyl (C=O) groups is 1. The van der Waals surface area contributed by atoms with Crippen molar-refractivity contribution in [1.29, 1.82) is 0 Å². The fourth-order valence-corrected chi connectivity index (χ4v) is 1.33. The van der Waals surface area contributed by atoms with Crippen LogP contribution in [0, 0.1) is 0 Å². The van der Waals surface area contributed by atoms with Gasteiger partial charge in [0.2, 0.25) is 0 Å². The molecule has 4 heteroatoms. The molecule has 1 atom stereocenters. The summed E-state index contributed by atoms with van der Waals surface area (Å²) in [7, 11) is 0. The number of unbranched alkanes of at least 4 members (excludes halogenated alkanes) is 4. The monoisotopic (exact) mass is 204 g/mol. The minimum atomic E-state index is -0.946. The standard InChI is InChI=1S/C10H20O4/c11-7-5-3-1-2-4-6-9(12)8-10(13)14/h9,11-12H,1-8H2,(H,13,14).